The van der Waals surface area contributed by atoms with E-state index < -0.39 is 0 Å². The van der Waals surface area contributed by atoms with Crippen LogP contribution >= 0.6 is 0 Å². The molecule has 3 N–H and O–H groups in total. The molecule has 4 aliphatic carbocycles. The van der Waals surface area contributed by atoms with Crippen molar-refractivity contribution in [3.63, 3.8) is 0 Å². The molecule has 1 aliphatic heterocycles. The van der Waals surface area contributed by atoms with Crippen LogP contribution in [0, 0.1) is 17.8 Å². The normalized spacial score (nSPS) is 45.6. The topological polar surface area (TPSA) is 60.9 Å². The number of H-pyrrole nitrogens is 1. The van der Waals surface area contributed by atoms with Crippen LogP contribution in [-0.4, -0.2) is 21.8 Å². The lowest BCUT2D eigenvalue weighted by molar-refractivity contribution is -0.00875. The molecule has 4 heteroatoms. The van der Waals surface area contributed by atoms with E-state index in [0.717, 1.165) is 35.6 Å². The summed E-state index contributed by atoms with van der Waals surface area (Å²) in [4.78, 5) is 0. The van der Waals surface area contributed by atoms with E-state index in [-0.39, 0.29) is 11.5 Å². The third-order valence-corrected chi connectivity index (χ3v) is 6.40. The minimum absolute atomic E-state index is 0.289. The number of aromatic nitrogens is 2. The molecule has 6 rings (SSSR count). The first-order chi connectivity index (χ1) is 9.73. The Morgan fingerprint density at radius 1 is 1.05 bits per heavy atom. The zero-order valence-corrected chi connectivity index (χ0v) is 11.9. The van der Waals surface area contributed by atoms with Crippen molar-refractivity contribution >= 4 is 0 Å². The highest BCUT2D eigenvalue weighted by molar-refractivity contribution is 5.37. The molecule has 0 radical (unpaired) electrons. The number of rotatable bonds is 1. The van der Waals surface area contributed by atoms with Gasteiger partial charge in [0.25, 0.3) is 0 Å². The summed E-state index contributed by atoms with van der Waals surface area (Å²) in [6, 6.07) is 0. The Hall–Kier alpha value is -0.870. The molecule has 108 valence electrons. The average molecular weight is 273 g/mol. The minimum atomic E-state index is -0.375. The van der Waals surface area contributed by atoms with E-state index >= 15 is 0 Å². The second kappa shape index (κ2) is 3.86. The smallest absolute Gasteiger partial charge is 0.0950 e. The minimum Gasteiger partial charge on any atom is -0.387 e. The van der Waals surface area contributed by atoms with Gasteiger partial charge in [-0.05, 0) is 56.3 Å². The molecule has 4 nitrogen and oxygen atoms in total. The van der Waals surface area contributed by atoms with Crippen LogP contribution in [-0.2, 0) is 12.0 Å². The molecule has 0 aromatic carbocycles. The molecule has 1 aromatic heterocycles. The fourth-order valence-electron chi connectivity index (χ4n) is 6.12. The molecule has 0 saturated heterocycles. The maximum atomic E-state index is 10.4. The van der Waals surface area contributed by atoms with Crippen molar-refractivity contribution in [2.24, 2.45) is 17.8 Å². The van der Waals surface area contributed by atoms with Crippen molar-refractivity contribution < 1.29 is 5.11 Å². The predicted molar refractivity (Wildman–Crippen MR) is 75.1 cm³/mol. The van der Waals surface area contributed by atoms with Gasteiger partial charge in [-0.15, -0.1) is 0 Å². The number of aromatic amines is 1. The Labute approximate surface area is 119 Å². The fourth-order valence-corrected chi connectivity index (χ4v) is 6.12. The molecule has 4 fully saturated rings. The van der Waals surface area contributed by atoms with Gasteiger partial charge in [-0.3, -0.25) is 5.10 Å². The molecular formula is C16H23N3O. The summed E-state index contributed by atoms with van der Waals surface area (Å²) in [5.41, 5.74) is 3.79. The highest BCUT2D eigenvalue weighted by Crippen LogP contribution is 2.61. The van der Waals surface area contributed by atoms with Gasteiger partial charge in [0.2, 0.25) is 0 Å². The highest BCUT2D eigenvalue weighted by atomic mass is 16.3. The van der Waals surface area contributed by atoms with Gasteiger partial charge in [0.05, 0.1) is 17.5 Å². The quantitative estimate of drug-likeness (QED) is 0.733. The van der Waals surface area contributed by atoms with Crippen LogP contribution in [0.1, 0.15) is 61.6 Å². The molecule has 4 bridgehead atoms. The van der Waals surface area contributed by atoms with E-state index in [1.165, 1.54) is 44.2 Å². The van der Waals surface area contributed by atoms with Crippen LogP contribution in [0.5, 0.6) is 0 Å². The number of hydrogen-bond donors (Lipinski definition) is 3. The van der Waals surface area contributed by atoms with Gasteiger partial charge < -0.3 is 10.4 Å². The van der Waals surface area contributed by atoms with Gasteiger partial charge in [-0.1, -0.05) is 0 Å². The number of nitrogens with one attached hydrogen (secondary N) is 2. The Morgan fingerprint density at radius 3 is 2.35 bits per heavy atom. The molecule has 2 heterocycles. The van der Waals surface area contributed by atoms with Crippen LogP contribution < -0.4 is 5.32 Å². The lowest BCUT2D eigenvalue weighted by Crippen LogP contribution is -2.49. The first-order valence-electron chi connectivity index (χ1n) is 8.20. The zero-order chi connectivity index (χ0) is 13.3. The molecule has 1 atom stereocenters. The monoisotopic (exact) mass is 273 g/mol. The standard InChI is InChI=1S/C16H23N3O/c20-13-8-17-7-12-14(13)15(19-18-12)16-4-9-1-10(5-16)3-11(2-9)6-16/h9-11,13,17,20H,1-8H2,(H,18,19). The van der Waals surface area contributed by atoms with E-state index in [0.29, 0.717) is 6.54 Å². The van der Waals surface area contributed by atoms with Crippen LogP contribution in [0.3, 0.4) is 0 Å². The molecule has 5 aliphatic rings. The Bertz CT molecular complexity index is 515. The second-order valence-corrected chi connectivity index (χ2v) is 7.81. The van der Waals surface area contributed by atoms with Gasteiger partial charge in [-0.2, -0.15) is 5.10 Å². The maximum Gasteiger partial charge on any atom is 0.0950 e. The van der Waals surface area contributed by atoms with E-state index in [1.807, 2.05) is 0 Å². The summed E-state index contributed by atoms with van der Waals surface area (Å²) < 4.78 is 0. The van der Waals surface area contributed by atoms with Crippen molar-refractivity contribution in [1.29, 1.82) is 0 Å². The summed E-state index contributed by atoms with van der Waals surface area (Å²) >= 11 is 0. The molecule has 1 unspecified atom stereocenters. The lowest BCUT2D eigenvalue weighted by Gasteiger charge is -2.56. The average Bonchev–Trinajstić information content (AvgIpc) is 2.83. The number of aliphatic hydroxyl groups excluding tert-OH is 1. The second-order valence-electron chi connectivity index (χ2n) is 7.81. The molecule has 0 spiro atoms. The first kappa shape index (κ1) is 11.8. The summed E-state index contributed by atoms with van der Waals surface area (Å²) in [7, 11) is 0. The lowest BCUT2D eigenvalue weighted by atomic mass is 9.48. The summed E-state index contributed by atoms with van der Waals surface area (Å²) in [5, 5.41) is 21.6. The van der Waals surface area contributed by atoms with Gasteiger partial charge in [0.15, 0.2) is 0 Å². The molecule has 4 saturated carbocycles. The van der Waals surface area contributed by atoms with Crippen molar-refractivity contribution in [2.75, 3.05) is 6.54 Å². The third-order valence-electron chi connectivity index (χ3n) is 6.40. The summed E-state index contributed by atoms with van der Waals surface area (Å²) in [6.07, 6.45) is 7.94. The number of aliphatic hydroxyl groups is 1. The van der Waals surface area contributed by atoms with Crippen LogP contribution in [0.25, 0.3) is 0 Å². The van der Waals surface area contributed by atoms with Gasteiger partial charge in [0.1, 0.15) is 0 Å². The van der Waals surface area contributed by atoms with Gasteiger partial charge in [0, 0.05) is 24.1 Å². The molecule has 20 heavy (non-hydrogen) atoms. The van der Waals surface area contributed by atoms with Gasteiger partial charge in [-0.25, -0.2) is 0 Å². The van der Waals surface area contributed by atoms with Crippen molar-refractivity contribution in [3.8, 4) is 0 Å². The largest absolute Gasteiger partial charge is 0.387 e. The van der Waals surface area contributed by atoms with Crippen LogP contribution in [0.2, 0.25) is 0 Å². The van der Waals surface area contributed by atoms with E-state index in [9.17, 15) is 5.11 Å². The Balaban J connectivity index is 1.62. The first-order valence-corrected chi connectivity index (χ1v) is 8.20. The number of fused-ring (bicyclic) bond motifs is 1. The van der Waals surface area contributed by atoms with Gasteiger partial charge >= 0.3 is 0 Å². The predicted octanol–water partition coefficient (Wildman–Crippen LogP) is 2.01. The third kappa shape index (κ3) is 1.47. The molecule has 0 amide bonds. The van der Waals surface area contributed by atoms with E-state index in [4.69, 9.17) is 5.10 Å². The number of hydrogen-bond acceptors (Lipinski definition) is 3. The highest BCUT2D eigenvalue weighted by Gasteiger charge is 2.54. The maximum absolute atomic E-state index is 10.4. The Morgan fingerprint density at radius 2 is 1.70 bits per heavy atom. The summed E-state index contributed by atoms with van der Waals surface area (Å²) in [6.45, 7) is 1.50. The van der Waals surface area contributed by atoms with Crippen LogP contribution in [0.4, 0.5) is 0 Å². The number of nitrogens with zero attached hydrogens (tertiary/aromatic N) is 1. The van der Waals surface area contributed by atoms with E-state index in [1.54, 1.807) is 0 Å². The zero-order valence-electron chi connectivity index (χ0n) is 11.9. The molecule has 1 aromatic rings. The Kier molecular flexibility index (Phi) is 2.27. The molecular weight excluding hydrogens is 250 g/mol. The summed E-state index contributed by atoms with van der Waals surface area (Å²) in [5.74, 6) is 2.77. The number of β-amino-alcohol motifs (C(OH)–C–C–N with tert-alkyl or cyclic N) is 1. The van der Waals surface area contributed by atoms with Crippen molar-refractivity contribution in [1.82, 2.24) is 15.5 Å². The van der Waals surface area contributed by atoms with E-state index in [2.05, 4.69) is 10.4 Å². The fraction of sp³-hybridized carbons (Fsp3) is 0.812. The van der Waals surface area contributed by atoms with Crippen molar-refractivity contribution in [3.05, 3.63) is 17.0 Å². The van der Waals surface area contributed by atoms with Crippen LogP contribution in [0.15, 0.2) is 0 Å². The van der Waals surface area contributed by atoms with Crippen molar-refractivity contribution in [2.45, 2.75) is 56.6 Å². The SMILES string of the molecule is OC1CNCc2[nH]nc(C34CC5CC(CC(C5)C3)C4)c21.